The van der Waals surface area contributed by atoms with Gasteiger partial charge in [-0.05, 0) is 36.1 Å². The van der Waals surface area contributed by atoms with Gasteiger partial charge in [0.15, 0.2) is 0 Å². The van der Waals surface area contributed by atoms with Crippen molar-refractivity contribution in [1.82, 2.24) is 4.90 Å². The number of halogens is 1. The van der Waals surface area contributed by atoms with E-state index >= 15 is 0 Å². The topological polar surface area (TPSA) is 40.5 Å². The summed E-state index contributed by atoms with van der Waals surface area (Å²) in [5.41, 5.74) is 1.19. The van der Waals surface area contributed by atoms with Crippen molar-refractivity contribution in [3.05, 3.63) is 40.4 Å². The van der Waals surface area contributed by atoms with Crippen molar-refractivity contribution >= 4 is 23.6 Å². The van der Waals surface area contributed by atoms with Crippen molar-refractivity contribution < 1.29 is 9.90 Å². The number of carbonyl (C=O) groups is 1. The molecule has 2 rings (SSSR count). The molecule has 1 fully saturated rings. The molecule has 3 nitrogen and oxygen atoms in total. The lowest BCUT2D eigenvalue weighted by Crippen LogP contribution is -2.65. The lowest BCUT2D eigenvalue weighted by atomic mass is 9.83. The fourth-order valence-electron chi connectivity index (χ4n) is 2.12. The number of carbonyl (C=O) groups excluding carboxylic acids is 1. The molecule has 108 valence electrons. The van der Waals surface area contributed by atoms with E-state index in [1.807, 2.05) is 39.0 Å². The average molecular weight is 294 g/mol. The van der Waals surface area contributed by atoms with Crippen LogP contribution in [0.4, 0.5) is 0 Å². The third-order valence-corrected chi connectivity index (χ3v) is 4.34. The summed E-state index contributed by atoms with van der Waals surface area (Å²) in [4.78, 5) is 13.6. The number of hydrogen-bond acceptors (Lipinski definition) is 2. The number of hydrogen-bond donors (Lipinski definition) is 1. The highest BCUT2D eigenvalue weighted by Crippen LogP contribution is 2.28. The standard InChI is InChI=1S/C16H20ClNO2/c1-11(2)16(20)9-18(10-16)15(19)7-6-13-5-4-12(3)14(17)8-13/h4-8,11,20H,9-10H2,1-3H3. The van der Waals surface area contributed by atoms with Crippen LogP contribution in [0.2, 0.25) is 5.02 Å². The van der Waals surface area contributed by atoms with Crippen molar-refractivity contribution in [1.29, 1.82) is 0 Å². The zero-order chi connectivity index (χ0) is 14.9. The van der Waals surface area contributed by atoms with Gasteiger partial charge in [-0.3, -0.25) is 4.79 Å². The van der Waals surface area contributed by atoms with Crippen LogP contribution in [0.25, 0.3) is 6.08 Å². The van der Waals surface area contributed by atoms with Crippen LogP contribution >= 0.6 is 11.6 Å². The minimum Gasteiger partial charge on any atom is -0.386 e. The highest BCUT2D eigenvalue weighted by atomic mass is 35.5. The van der Waals surface area contributed by atoms with Crippen LogP contribution in [0.15, 0.2) is 24.3 Å². The van der Waals surface area contributed by atoms with E-state index in [9.17, 15) is 9.90 Å². The summed E-state index contributed by atoms with van der Waals surface area (Å²) in [6.45, 7) is 6.68. The molecule has 0 saturated carbocycles. The molecule has 0 bridgehead atoms. The molecule has 1 heterocycles. The summed E-state index contributed by atoms with van der Waals surface area (Å²) in [7, 11) is 0. The number of aliphatic hydroxyl groups is 1. The van der Waals surface area contributed by atoms with Crippen LogP contribution in [0.3, 0.4) is 0 Å². The van der Waals surface area contributed by atoms with Gasteiger partial charge in [0.05, 0.1) is 13.1 Å². The van der Waals surface area contributed by atoms with Crippen molar-refractivity contribution in [2.24, 2.45) is 5.92 Å². The molecule has 20 heavy (non-hydrogen) atoms. The van der Waals surface area contributed by atoms with Crippen LogP contribution in [0, 0.1) is 12.8 Å². The minimum absolute atomic E-state index is 0.0768. The minimum atomic E-state index is -0.726. The third kappa shape index (κ3) is 3.05. The summed E-state index contributed by atoms with van der Waals surface area (Å²) in [6, 6.07) is 5.68. The molecular weight excluding hydrogens is 274 g/mol. The van der Waals surface area contributed by atoms with Crippen LogP contribution in [-0.4, -0.2) is 34.6 Å². The first-order chi connectivity index (χ1) is 9.32. The number of benzene rings is 1. The smallest absolute Gasteiger partial charge is 0.246 e. The van der Waals surface area contributed by atoms with Gasteiger partial charge in [0.25, 0.3) is 0 Å². The Morgan fingerprint density at radius 2 is 2.10 bits per heavy atom. The fraction of sp³-hybridized carbons (Fsp3) is 0.438. The molecule has 0 spiro atoms. The van der Waals surface area contributed by atoms with E-state index < -0.39 is 5.60 Å². The molecule has 0 atom stereocenters. The Morgan fingerprint density at radius 3 is 2.65 bits per heavy atom. The van der Waals surface area contributed by atoms with Gasteiger partial charge >= 0.3 is 0 Å². The molecule has 1 amide bonds. The van der Waals surface area contributed by atoms with E-state index in [0.717, 1.165) is 11.1 Å². The molecule has 1 aliphatic heterocycles. The second kappa shape index (κ2) is 5.58. The van der Waals surface area contributed by atoms with Gasteiger partial charge in [-0.25, -0.2) is 0 Å². The first-order valence-electron chi connectivity index (χ1n) is 6.77. The first-order valence-corrected chi connectivity index (χ1v) is 7.15. The molecule has 1 aromatic carbocycles. The number of amides is 1. The van der Waals surface area contributed by atoms with Crippen LogP contribution in [-0.2, 0) is 4.79 Å². The summed E-state index contributed by atoms with van der Waals surface area (Å²) in [5, 5.41) is 10.8. The normalized spacial score (nSPS) is 17.6. The van der Waals surface area contributed by atoms with Crippen molar-refractivity contribution in [3.63, 3.8) is 0 Å². The van der Waals surface area contributed by atoms with Crippen LogP contribution in [0.5, 0.6) is 0 Å². The Hall–Kier alpha value is -1.32. The Kier molecular flexibility index (Phi) is 4.21. The predicted molar refractivity (Wildman–Crippen MR) is 81.6 cm³/mol. The monoisotopic (exact) mass is 293 g/mol. The number of nitrogens with zero attached hydrogens (tertiary/aromatic N) is 1. The fourth-order valence-corrected chi connectivity index (χ4v) is 2.31. The zero-order valence-electron chi connectivity index (χ0n) is 12.1. The van der Waals surface area contributed by atoms with E-state index in [0.29, 0.717) is 18.1 Å². The van der Waals surface area contributed by atoms with Gasteiger partial charge in [-0.1, -0.05) is 37.6 Å². The SMILES string of the molecule is Cc1ccc(C=CC(=O)N2CC(O)(C(C)C)C2)cc1Cl. The van der Waals surface area contributed by atoms with Gasteiger partial charge in [0.2, 0.25) is 5.91 Å². The number of aryl methyl sites for hydroxylation is 1. The molecule has 1 N–H and O–H groups in total. The van der Waals surface area contributed by atoms with E-state index in [1.54, 1.807) is 11.0 Å². The molecule has 1 aromatic rings. The van der Waals surface area contributed by atoms with E-state index in [4.69, 9.17) is 11.6 Å². The second-order valence-electron chi connectivity index (χ2n) is 5.79. The molecule has 0 aromatic heterocycles. The molecule has 1 aliphatic rings. The van der Waals surface area contributed by atoms with Crippen LogP contribution in [0.1, 0.15) is 25.0 Å². The lowest BCUT2D eigenvalue weighted by Gasteiger charge is -2.48. The van der Waals surface area contributed by atoms with E-state index in [1.165, 1.54) is 6.08 Å². The Morgan fingerprint density at radius 1 is 1.45 bits per heavy atom. The van der Waals surface area contributed by atoms with E-state index in [2.05, 4.69) is 0 Å². The maximum Gasteiger partial charge on any atom is 0.246 e. The Labute approximate surface area is 124 Å². The van der Waals surface area contributed by atoms with E-state index in [-0.39, 0.29) is 11.8 Å². The number of rotatable bonds is 3. The largest absolute Gasteiger partial charge is 0.386 e. The van der Waals surface area contributed by atoms with Gasteiger partial charge in [-0.2, -0.15) is 0 Å². The Balaban J connectivity index is 1.96. The van der Waals surface area contributed by atoms with Crippen LogP contribution < -0.4 is 0 Å². The lowest BCUT2D eigenvalue weighted by molar-refractivity contribution is -0.158. The third-order valence-electron chi connectivity index (χ3n) is 3.93. The summed E-state index contributed by atoms with van der Waals surface area (Å²) in [5.74, 6) is 0.0819. The predicted octanol–water partition coefficient (Wildman–Crippen LogP) is 2.89. The number of likely N-dealkylation sites (tertiary alicyclic amines) is 1. The highest BCUT2D eigenvalue weighted by molar-refractivity contribution is 6.31. The summed E-state index contributed by atoms with van der Waals surface area (Å²) >= 11 is 6.04. The van der Waals surface area contributed by atoms with Crippen molar-refractivity contribution in [2.45, 2.75) is 26.4 Å². The van der Waals surface area contributed by atoms with Crippen molar-refractivity contribution in [2.75, 3.05) is 13.1 Å². The highest BCUT2D eigenvalue weighted by Gasteiger charge is 2.45. The maximum atomic E-state index is 12.0. The first kappa shape index (κ1) is 15.1. The number of β-amino-alcohol motifs (C(OH)–C–C–N with tert-alkyl or cyclic N) is 1. The zero-order valence-corrected chi connectivity index (χ0v) is 12.8. The van der Waals surface area contributed by atoms with Gasteiger partial charge in [0, 0.05) is 11.1 Å². The maximum absolute atomic E-state index is 12.0. The Bertz CT molecular complexity index is 545. The molecule has 0 aliphatic carbocycles. The molecule has 0 radical (unpaired) electrons. The molecule has 1 saturated heterocycles. The van der Waals surface area contributed by atoms with Crippen molar-refractivity contribution in [3.8, 4) is 0 Å². The molecule has 0 unspecified atom stereocenters. The van der Waals surface area contributed by atoms with Gasteiger partial charge < -0.3 is 10.0 Å². The molecular formula is C16H20ClNO2. The summed E-state index contributed by atoms with van der Waals surface area (Å²) in [6.07, 6.45) is 3.28. The quantitative estimate of drug-likeness (QED) is 0.871. The average Bonchev–Trinajstić information content (AvgIpc) is 2.35. The van der Waals surface area contributed by atoms with Gasteiger partial charge in [0.1, 0.15) is 5.60 Å². The molecule has 4 heteroatoms. The second-order valence-corrected chi connectivity index (χ2v) is 6.20. The van der Waals surface area contributed by atoms with Gasteiger partial charge in [-0.15, -0.1) is 0 Å². The summed E-state index contributed by atoms with van der Waals surface area (Å²) < 4.78 is 0.